The molecule has 1 fully saturated rings. The lowest BCUT2D eigenvalue weighted by atomic mass is 9.99. The Bertz CT molecular complexity index is 1080. The summed E-state index contributed by atoms with van der Waals surface area (Å²) in [5.74, 6) is 0.00445. The second-order valence-electron chi connectivity index (χ2n) is 7.46. The largest absolute Gasteiger partial charge is 0.508 e. The van der Waals surface area contributed by atoms with E-state index in [4.69, 9.17) is 23.2 Å². The van der Waals surface area contributed by atoms with E-state index in [1.165, 1.54) is 6.07 Å². The van der Waals surface area contributed by atoms with Crippen LogP contribution >= 0.6 is 23.2 Å². The number of phenols is 1. The number of sulfonamides is 1. The van der Waals surface area contributed by atoms with Gasteiger partial charge < -0.3 is 10.0 Å². The first-order chi connectivity index (χ1) is 14.7. The van der Waals surface area contributed by atoms with Crippen LogP contribution < -0.4 is 4.72 Å². The molecule has 2 aromatic rings. The molecule has 0 saturated carbocycles. The van der Waals surface area contributed by atoms with Gasteiger partial charge >= 0.3 is 0 Å². The minimum Gasteiger partial charge on any atom is -0.508 e. The Labute approximate surface area is 192 Å². The number of nitrogens with zero attached hydrogens (tertiary/aromatic N) is 1. The fraction of sp³-hybridized carbons (Fsp3) is 0.318. The minimum absolute atomic E-state index is 0.0383. The lowest BCUT2D eigenvalue weighted by molar-refractivity contribution is -0.132. The number of phenolic OH excluding ortho intramolecular Hbond substituents is 1. The van der Waals surface area contributed by atoms with Gasteiger partial charge in [0.2, 0.25) is 15.9 Å². The molecule has 0 bridgehead atoms. The monoisotopic (exact) mass is 482 g/mol. The Balaban J connectivity index is 1.62. The highest BCUT2D eigenvalue weighted by Crippen LogP contribution is 2.35. The predicted molar refractivity (Wildman–Crippen MR) is 124 cm³/mol. The van der Waals surface area contributed by atoms with Crippen molar-refractivity contribution >= 4 is 39.1 Å². The molecule has 1 aliphatic heterocycles. The van der Waals surface area contributed by atoms with Crippen molar-refractivity contribution in [2.45, 2.75) is 31.7 Å². The number of likely N-dealkylation sites (tertiary alicyclic amines) is 1. The molecule has 2 N–H and O–H groups in total. The number of halogens is 2. The summed E-state index contributed by atoms with van der Waals surface area (Å²) in [6.07, 6.45) is 1.68. The molecule has 0 radical (unpaired) electrons. The zero-order valence-electron chi connectivity index (χ0n) is 16.9. The Morgan fingerprint density at radius 2 is 1.94 bits per heavy atom. The number of rotatable bonds is 7. The summed E-state index contributed by atoms with van der Waals surface area (Å²) in [5, 5.41) is 12.2. The fourth-order valence-electron chi connectivity index (χ4n) is 3.61. The summed E-state index contributed by atoms with van der Waals surface area (Å²) in [6.45, 7) is 4.24. The van der Waals surface area contributed by atoms with Gasteiger partial charge in [0.15, 0.2) is 0 Å². The first-order valence-corrected chi connectivity index (χ1v) is 12.2. The van der Waals surface area contributed by atoms with Gasteiger partial charge in [0.1, 0.15) is 5.75 Å². The topological polar surface area (TPSA) is 86.7 Å². The Morgan fingerprint density at radius 1 is 1.23 bits per heavy atom. The Kier molecular flexibility index (Phi) is 7.64. The van der Waals surface area contributed by atoms with Crippen molar-refractivity contribution in [3.05, 3.63) is 64.0 Å². The maximum Gasteiger partial charge on any atom is 0.233 e. The molecule has 166 valence electrons. The Morgan fingerprint density at radius 3 is 2.58 bits per heavy atom. The van der Waals surface area contributed by atoms with Gasteiger partial charge in [-0.25, -0.2) is 13.1 Å². The molecule has 2 aromatic carbocycles. The molecule has 0 atom stereocenters. The molecule has 0 aliphatic carbocycles. The van der Waals surface area contributed by atoms with Gasteiger partial charge in [0.05, 0.1) is 5.02 Å². The van der Waals surface area contributed by atoms with E-state index in [9.17, 15) is 18.3 Å². The van der Waals surface area contributed by atoms with E-state index in [0.717, 1.165) is 16.5 Å². The maximum absolute atomic E-state index is 12.6. The number of carbonyl (C=O) groups excluding carboxylic acids is 1. The number of aromatic hydroxyl groups is 1. The van der Waals surface area contributed by atoms with Crippen molar-refractivity contribution < 1.29 is 18.3 Å². The van der Waals surface area contributed by atoms with Crippen LogP contribution in [-0.2, 0) is 21.2 Å². The van der Waals surface area contributed by atoms with E-state index in [1.54, 1.807) is 23.1 Å². The van der Waals surface area contributed by atoms with Crippen molar-refractivity contribution in [1.82, 2.24) is 9.62 Å². The number of amides is 1. The van der Waals surface area contributed by atoms with E-state index in [1.807, 2.05) is 12.1 Å². The second-order valence-corrected chi connectivity index (χ2v) is 9.96. The summed E-state index contributed by atoms with van der Waals surface area (Å²) in [6, 6.07) is 10.3. The van der Waals surface area contributed by atoms with Crippen LogP contribution in [0.15, 0.2) is 48.4 Å². The summed E-state index contributed by atoms with van der Waals surface area (Å²) < 4.78 is 25.8. The second kappa shape index (κ2) is 10.0. The molecule has 1 heterocycles. The first-order valence-electron chi connectivity index (χ1n) is 9.88. The van der Waals surface area contributed by atoms with Crippen molar-refractivity contribution in [2.24, 2.45) is 0 Å². The molecule has 1 amide bonds. The zero-order chi connectivity index (χ0) is 22.6. The minimum atomic E-state index is -3.48. The number of hydrogen-bond donors (Lipinski definition) is 2. The van der Waals surface area contributed by atoms with Crippen molar-refractivity contribution in [1.29, 1.82) is 0 Å². The maximum atomic E-state index is 12.6. The van der Waals surface area contributed by atoms with Crippen LogP contribution in [0, 0.1) is 0 Å². The average molecular weight is 483 g/mol. The number of carbonyl (C=O) groups is 1. The molecule has 1 aliphatic rings. The van der Waals surface area contributed by atoms with Crippen molar-refractivity contribution in [2.75, 3.05) is 13.1 Å². The highest BCUT2D eigenvalue weighted by Gasteiger charge is 2.25. The smallest absolute Gasteiger partial charge is 0.233 e. The van der Waals surface area contributed by atoms with Gasteiger partial charge in [-0.3, -0.25) is 4.79 Å². The van der Waals surface area contributed by atoms with Crippen LogP contribution in [0.25, 0.3) is 11.1 Å². The lowest BCUT2D eigenvalue weighted by Crippen LogP contribution is -2.46. The molecular formula is C22H24Cl2N2O4S. The lowest BCUT2D eigenvalue weighted by Gasteiger charge is -2.32. The molecule has 9 heteroatoms. The van der Waals surface area contributed by atoms with Crippen LogP contribution in [-0.4, -0.2) is 43.5 Å². The van der Waals surface area contributed by atoms with Gasteiger partial charge in [-0.2, -0.15) is 0 Å². The van der Waals surface area contributed by atoms with Crippen LogP contribution in [0.1, 0.15) is 24.8 Å². The molecule has 6 nitrogen and oxygen atoms in total. The molecule has 0 spiro atoms. The summed E-state index contributed by atoms with van der Waals surface area (Å²) >= 11 is 12.4. The number of nitrogens with one attached hydrogen (secondary N) is 1. The third kappa shape index (κ3) is 6.23. The van der Waals surface area contributed by atoms with E-state index in [0.29, 0.717) is 48.0 Å². The molecule has 0 aromatic heterocycles. The molecule has 31 heavy (non-hydrogen) atoms. The van der Waals surface area contributed by atoms with Gasteiger partial charge in [-0.05, 0) is 54.7 Å². The predicted octanol–water partition coefficient (Wildman–Crippen LogP) is 4.35. The third-order valence-corrected chi connectivity index (χ3v) is 6.96. The molecule has 1 saturated heterocycles. The number of hydrogen-bond acceptors (Lipinski definition) is 4. The summed E-state index contributed by atoms with van der Waals surface area (Å²) in [4.78, 5) is 14.4. The van der Waals surface area contributed by atoms with Gasteiger partial charge in [0.25, 0.3) is 0 Å². The Hall–Kier alpha value is -2.06. The van der Waals surface area contributed by atoms with Crippen molar-refractivity contribution in [3.63, 3.8) is 0 Å². The van der Waals surface area contributed by atoms with E-state index in [2.05, 4.69) is 11.3 Å². The summed E-state index contributed by atoms with van der Waals surface area (Å²) in [7, 11) is -3.48. The van der Waals surface area contributed by atoms with E-state index >= 15 is 0 Å². The number of benzene rings is 2. The molecular weight excluding hydrogens is 459 g/mol. The van der Waals surface area contributed by atoms with E-state index in [-0.39, 0.29) is 24.1 Å². The zero-order valence-corrected chi connectivity index (χ0v) is 19.2. The highest BCUT2D eigenvalue weighted by molar-refractivity contribution is 7.92. The standard InChI is InChI=1S/C22H24Cl2N2O4S/c1-2-31(29,30)25-18-8-10-26(11-9-18)22(28)7-6-16-13-19(20(24)14-21(16)27)15-4-3-5-17(23)12-15/h2-5,12-14,18,25,27H,1,6-11H2. The van der Waals surface area contributed by atoms with Crippen LogP contribution in [0.4, 0.5) is 0 Å². The van der Waals surface area contributed by atoms with Crippen molar-refractivity contribution in [3.8, 4) is 16.9 Å². The summed E-state index contributed by atoms with van der Waals surface area (Å²) in [5.41, 5.74) is 2.19. The third-order valence-electron chi connectivity index (χ3n) is 5.31. The normalized spacial score (nSPS) is 15.1. The average Bonchev–Trinajstić information content (AvgIpc) is 2.73. The van der Waals surface area contributed by atoms with E-state index < -0.39 is 10.0 Å². The highest BCUT2D eigenvalue weighted by atomic mass is 35.5. The van der Waals surface area contributed by atoms with Gasteiger partial charge in [-0.1, -0.05) is 41.9 Å². The van der Waals surface area contributed by atoms with Gasteiger partial charge in [0, 0.05) is 41.5 Å². The fourth-order valence-corrected chi connectivity index (χ4v) is 4.87. The first kappa shape index (κ1) is 23.6. The quantitative estimate of drug-likeness (QED) is 0.613. The van der Waals surface area contributed by atoms with Gasteiger partial charge in [-0.15, -0.1) is 0 Å². The number of aryl methyl sites for hydroxylation is 1. The molecule has 3 rings (SSSR count). The van der Waals surface area contributed by atoms with Crippen LogP contribution in [0.2, 0.25) is 10.0 Å². The van der Waals surface area contributed by atoms with Crippen LogP contribution in [0.3, 0.4) is 0 Å². The SMILES string of the molecule is C=CS(=O)(=O)NC1CCN(C(=O)CCc2cc(-c3cccc(Cl)c3)c(Cl)cc2O)CC1. The molecule has 0 unspecified atom stereocenters. The number of piperidine rings is 1. The van der Waals surface area contributed by atoms with Crippen LogP contribution in [0.5, 0.6) is 5.75 Å².